The number of benzene rings is 3. The van der Waals surface area contributed by atoms with Crippen LogP contribution in [0.15, 0.2) is 70.8 Å². The van der Waals surface area contributed by atoms with E-state index in [1.54, 1.807) is 0 Å². The molecule has 0 radical (unpaired) electrons. The van der Waals surface area contributed by atoms with Crippen LogP contribution in [0.25, 0.3) is 27.8 Å². The molecule has 10 nitrogen and oxygen atoms in total. The number of methoxy groups -OCH3 is 2. The second kappa shape index (κ2) is 17.6. The van der Waals surface area contributed by atoms with Crippen molar-refractivity contribution in [3.8, 4) is 22.3 Å². The maximum absolute atomic E-state index is 13.9. The number of nitrogens with zero attached hydrogens (tertiary/aromatic N) is 4. The van der Waals surface area contributed by atoms with Crippen molar-refractivity contribution in [2.24, 2.45) is 33.7 Å². The highest BCUT2D eigenvalue weighted by Gasteiger charge is 2.42. The number of carbonyl (C=O) groups is 4. The van der Waals surface area contributed by atoms with Crippen LogP contribution in [0.5, 0.6) is 0 Å². The fraction of sp³-hybridized carbons (Fsp3) is 0.509. The highest BCUT2D eigenvalue weighted by atomic mass is 16.5. The highest BCUT2D eigenvalue weighted by Crippen LogP contribution is 2.58. The van der Waals surface area contributed by atoms with Crippen molar-refractivity contribution in [1.82, 2.24) is 9.80 Å². The third-order valence-corrected chi connectivity index (χ3v) is 15.2. The quantitative estimate of drug-likeness (QED) is 0.158. The summed E-state index contributed by atoms with van der Waals surface area (Å²) in [6, 6.07) is 20.3. The largest absolute Gasteiger partial charge is 0.469 e. The highest BCUT2D eigenvalue weighted by molar-refractivity contribution is 6.04. The number of likely N-dealkylation sites (tertiary alicyclic amines) is 2. The Morgan fingerprint density at radius 3 is 1.73 bits per heavy atom. The number of allylic oxidation sites excluding steroid dienone is 1. The molecule has 4 aliphatic heterocycles. The molecule has 2 bridgehead atoms. The van der Waals surface area contributed by atoms with E-state index in [2.05, 4.69) is 54.6 Å². The lowest BCUT2D eigenvalue weighted by atomic mass is 9.81. The number of hydrogen-bond acceptors (Lipinski definition) is 8. The number of carbonyl (C=O) groups excluding carboxylic acids is 4. The van der Waals surface area contributed by atoms with Gasteiger partial charge in [-0.05, 0) is 131 Å². The van der Waals surface area contributed by atoms with E-state index in [0.717, 1.165) is 54.8 Å². The number of fused-ring (bicyclic) bond motifs is 6. The lowest BCUT2D eigenvalue weighted by Gasteiger charge is -2.30. The molecule has 2 amide bonds. The van der Waals surface area contributed by atoms with Crippen LogP contribution in [0.1, 0.15) is 126 Å². The van der Waals surface area contributed by atoms with Gasteiger partial charge in [-0.25, -0.2) is 0 Å². The Kier molecular flexibility index (Phi) is 12.0. The van der Waals surface area contributed by atoms with E-state index in [1.807, 2.05) is 43.7 Å². The van der Waals surface area contributed by atoms with Gasteiger partial charge in [-0.3, -0.25) is 29.2 Å². The smallest absolute Gasteiger partial charge is 0.306 e. The molecule has 0 N–H and O–H groups in total. The van der Waals surface area contributed by atoms with Crippen molar-refractivity contribution in [3.63, 3.8) is 0 Å². The first kappa shape index (κ1) is 42.9. The van der Waals surface area contributed by atoms with Gasteiger partial charge in [0.25, 0.3) is 0 Å². The van der Waals surface area contributed by atoms with E-state index in [1.165, 1.54) is 78.0 Å². The zero-order valence-corrected chi connectivity index (χ0v) is 37.8. The summed E-state index contributed by atoms with van der Waals surface area (Å²) in [5.74, 6) is -0.240. The molecule has 2 saturated heterocycles. The number of aliphatic imine (C=N–C) groups is 2. The standard InChI is InChI=1S/C53H62N4O6/c1-30(2)41(27-48(58)62-5)52(60)56-21-7-9-46(56)44-26-38(29-54-44)32-11-13-33(14-12-32)39-18-19-40(51-36-16-15-35(24-36)50(39)51)34-17-20-43-37(23-34)25-45(55-43)47-10-8-22-57(47)53(61)42(31(3)4)28-49(59)63-6/h11-14,17-20,23,29-31,35-36,41-42,46-47H,7-10,15-16,21-22,24-28H2,1-6H3/t35?,36?,41-,42-,46-,47-/m0/s1. The van der Waals surface area contributed by atoms with Crippen LogP contribution in [0.4, 0.5) is 5.69 Å². The number of amides is 2. The summed E-state index contributed by atoms with van der Waals surface area (Å²) in [4.78, 5) is 66.0. The van der Waals surface area contributed by atoms with Gasteiger partial charge in [0.2, 0.25) is 11.8 Å². The van der Waals surface area contributed by atoms with Gasteiger partial charge in [0.05, 0.1) is 56.7 Å². The van der Waals surface area contributed by atoms with Crippen LogP contribution in [0, 0.1) is 23.7 Å². The minimum Gasteiger partial charge on any atom is -0.469 e. The Bertz CT molecular complexity index is 2410. The number of rotatable bonds is 13. The van der Waals surface area contributed by atoms with Crippen molar-refractivity contribution in [2.75, 3.05) is 27.3 Å². The summed E-state index contributed by atoms with van der Waals surface area (Å²) in [6.45, 7) is 9.38. The lowest BCUT2D eigenvalue weighted by molar-refractivity contribution is -0.148. The molecule has 0 aromatic heterocycles. The number of hydrogen-bond donors (Lipinski definition) is 0. The zero-order chi connectivity index (χ0) is 44.1. The van der Waals surface area contributed by atoms with Crippen LogP contribution in [0.2, 0.25) is 0 Å². The van der Waals surface area contributed by atoms with Gasteiger partial charge in [0.1, 0.15) is 0 Å². The van der Waals surface area contributed by atoms with Gasteiger partial charge in [0.15, 0.2) is 0 Å². The molecule has 4 heterocycles. The van der Waals surface area contributed by atoms with E-state index >= 15 is 0 Å². The molecule has 2 unspecified atom stereocenters. The van der Waals surface area contributed by atoms with Crippen LogP contribution in [-0.4, -0.2) is 84.4 Å². The van der Waals surface area contributed by atoms with Crippen molar-refractivity contribution >= 4 is 46.4 Å². The number of ether oxygens (including phenoxy) is 2. The van der Waals surface area contributed by atoms with Crippen LogP contribution in [0.3, 0.4) is 0 Å². The fourth-order valence-electron chi connectivity index (χ4n) is 11.7. The van der Waals surface area contributed by atoms with E-state index in [4.69, 9.17) is 19.5 Å². The van der Waals surface area contributed by atoms with Gasteiger partial charge in [-0.1, -0.05) is 70.2 Å². The van der Waals surface area contributed by atoms with Gasteiger partial charge in [-0.15, -0.1) is 0 Å². The SMILES string of the molecule is COC(=O)C[C@H](C(=O)N1CCC[C@H]1C1=NC=C(c2ccc(-c3ccc(-c4ccc5c(c4)CC([C@@H]4CCCN4C(=O)[C@@H](CC(=O)OC)C(C)C)=N5)c4c3C3CCC4C3)cc2)C1)C(C)C. The van der Waals surface area contributed by atoms with Gasteiger partial charge < -0.3 is 19.3 Å². The zero-order valence-electron chi connectivity index (χ0n) is 37.8. The molecule has 6 atom stereocenters. The third-order valence-electron chi connectivity index (χ3n) is 15.2. The third kappa shape index (κ3) is 8.08. The average Bonchev–Trinajstić information content (AvgIpc) is 4.16. The van der Waals surface area contributed by atoms with Crippen LogP contribution in [-0.2, 0) is 35.1 Å². The van der Waals surface area contributed by atoms with Gasteiger partial charge in [0, 0.05) is 43.6 Å². The monoisotopic (exact) mass is 850 g/mol. The summed E-state index contributed by atoms with van der Waals surface area (Å²) < 4.78 is 9.86. The predicted molar refractivity (Wildman–Crippen MR) is 247 cm³/mol. The minimum atomic E-state index is -0.404. The number of esters is 2. The summed E-state index contributed by atoms with van der Waals surface area (Å²) in [5, 5.41) is 0. The first-order chi connectivity index (χ1) is 30.4. The lowest BCUT2D eigenvalue weighted by Crippen LogP contribution is -2.45. The molecule has 2 aliphatic carbocycles. The van der Waals surface area contributed by atoms with E-state index < -0.39 is 11.8 Å². The molecule has 9 rings (SSSR count). The summed E-state index contributed by atoms with van der Waals surface area (Å²) in [7, 11) is 2.76. The molecule has 63 heavy (non-hydrogen) atoms. The van der Waals surface area contributed by atoms with Crippen molar-refractivity contribution in [3.05, 3.63) is 83.1 Å². The molecule has 10 heteroatoms. The molecule has 0 spiro atoms. The first-order valence-corrected chi connectivity index (χ1v) is 23.4. The Balaban J connectivity index is 0.898. The molecule has 6 aliphatic rings. The van der Waals surface area contributed by atoms with E-state index in [0.29, 0.717) is 31.3 Å². The molecular formula is C53H62N4O6. The molecular weight excluding hydrogens is 789 g/mol. The van der Waals surface area contributed by atoms with Gasteiger partial charge in [-0.2, -0.15) is 0 Å². The summed E-state index contributed by atoms with van der Waals surface area (Å²) in [6.07, 6.45) is 10.9. The summed E-state index contributed by atoms with van der Waals surface area (Å²) >= 11 is 0. The molecule has 1 saturated carbocycles. The van der Waals surface area contributed by atoms with Crippen molar-refractivity contribution in [1.29, 1.82) is 0 Å². The second-order valence-electron chi connectivity index (χ2n) is 19.5. The molecule has 3 fully saturated rings. The normalized spacial score (nSPS) is 23.1. The predicted octanol–water partition coefficient (Wildman–Crippen LogP) is 9.85. The van der Waals surface area contributed by atoms with Crippen molar-refractivity contribution < 1.29 is 28.7 Å². The first-order valence-electron chi connectivity index (χ1n) is 23.4. The minimum absolute atomic E-state index is 0.0284. The van der Waals surface area contributed by atoms with E-state index in [9.17, 15) is 19.2 Å². The van der Waals surface area contributed by atoms with Crippen molar-refractivity contribution in [2.45, 2.75) is 122 Å². The van der Waals surface area contributed by atoms with Crippen LogP contribution >= 0.6 is 0 Å². The second-order valence-corrected chi connectivity index (χ2v) is 19.5. The Labute approximate surface area is 372 Å². The van der Waals surface area contributed by atoms with Crippen LogP contribution < -0.4 is 0 Å². The molecule has 3 aromatic rings. The Morgan fingerprint density at radius 1 is 0.651 bits per heavy atom. The van der Waals surface area contributed by atoms with Gasteiger partial charge >= 0.3 is 11.9 Å². The fourth-order valence-corrected chi connectivity index (χ4v) is 11.7. The topological polar surface area (TPSA) is 118 Å². The Morgan fingerprint density at radius 2 is 1.17 bits per heavy atom. The van der Waals surface area contributed by atoms with E-state index in [-0.39, 0.29) is 60.5 Å². The average molecular weight is 851 g/mol. The molecule has 330 valence electrons. The maximum atomic E-state index is 13.9. The Hall–Kier alpha value is -5.38. The molecule has 3 aromatic carbocycles. The maximum Gasteiger partial charge on any atom is 0.306 e. The summed E-state index contributed by atoms with van der Waals surface area (Å²) in [5.41, 5.74) is 14.8.